The lowest BCUT2D eigenvalue weighted by molar-refractivity contribution is -0.170. The van der Waals surface area contributed by atoms with Crippen molar-refractivity contribution in [2.45, 2.75) is 96.7 Å². The van der Waals surface area contributed by atoms with Gasteiger partial charge in [0.1, 0.15) is 5.75 Å². The highest BCUT2D eigenvalue weighted by atomic mass is 16.8. The molecule has 0 aromatic carbocycles. The Labute approximate surface area is 190 Å². The van der Waals surface area contributed by atoms with Gasteiger partial charge in [-0.25, -0.2) is 9.59 Å². The predicted molar refractivity (Wildman–Crippen MR) is 118 cm³/mol. The first-order valence-electron chi connectivity index (χ1n) is 11.5. The van der Waals surface area contributed by atoms with Crippen molar-refractivity contribution in [1.82, 2.24) is 10.3 Å². The van der Waals surface area contributed by atoms with Gasteiger partial charge in [0.25, 0.3) is 0 Å². The first kappa shape index (κ1) is 24.3. The summed E-state index contributed by atoms with van der Waals surface area (Å²) in [5.74, 6) is -0.200. The summed E-state index contributed by atoms with van der Waals surface area (Å²) in [5, 5.41) is 11.9. The molecule has 2 aliphatic rings. The number of amides is 1. The molecule has 3 rings (SSSR count). The van der Waals surface area contributed by atoms with E-state index >= 15 is 0 Å². The van der Waals surface area contributed by atoms with Crippen LogP contribution in [-0.4, -0.2) is 45.7 Å². The van der Waals surface area contributed by atoms with E-state index in [1.807, 2.05) is 26.0 Å². The number of hydrogen-bond donors (Lipinski definition) is 2. The standard InChI is InChI=1S/C24H36N2O6/c1-15(2)12-20(26-22(28)29)24(21(27)31-23(4,5)32-24)14-17-13-19(10-11-25-17)30-18-8-6-16(3)7-9-18/h10-11,13,15-16,18,20,26H,6-9,12,14H2,1-5H3,(H,28,29)/t16?,18?,20?,24-/m0/s1. The van der Waals surface area contributed by atoms with E-state index in [-0.39, 0.29) is 18.4 Å². The number of ether oxygens (including phenoxy) is 3. The SMILES string of the molecule is CC(C)CC(NC(=O)O)[C@]1(Cc2cc(OC3CCC(C)CC3)ccn2)OC(C)(C)OC1=O. The summed E-state index contributed by atoms with van der Waals surface area (Å²) >= 11 is 0. The van der Waals surface area contributed by atoms with Crippen LogP contribution in [0.2, 0.25) is 0 Å². The minimum atomic E-state index is -1.52. The van der Waals surface area contributed by atoms with Gasteiger partial charge in [0, 0.05) is 38.2 Å². The number of nitrogens with zero attached hydrogens (tertiary/aromatic N) is 1. The molecule has 0 radical (unpaired) electrons. The Hall–Kier alpha value is -2.35. The molecule has 1 aliphatic heterocycles. The van der Waals surface area contributed by atoms with Crippen molar-refractivity contribution in [3.8, 4) is 5.75 Å². The molecule has 2 fully saturated rings. The lowest BCUT2D eigenvalue weighted by Crippen LogP contribution is -2.58. The van der Waals surface area contributed by atoms with Crippen LogP contribution in [0.4, 0.5) is 4.79 Å². The zero-order chi connectivity index (χ0) is 23.5. The highest BCUT2D eigenvalue weighted by molar-refractivity contribution is 5.84. The molecule has 8 nitrogen and oxygen atoms in total. The third-order valence-electron chi connectivity index (χ3n) is 6.18. The number of esters is 1. The second-order valence-electron chi connectivity index (χ2n) is 10.1. The first-order valence-corrected chi connectivity index (χ1v) is 11.5. The van der Waals surface area contributed by atoms with Crippen molar-refractivity contribution in [3.63, 3.8) is 0 Å². The number of nitrogens with one attached hydrogen (secondary N) is 1. The average Bonchev–Trinajstić information content (AvgIpc) is 2.91. The van der Waals surface area contributed by atoms with E-state index in [2.05, 4.69) is 17.2 Å². The zero-order valence-electron chi connectivity index (χ0n) is 19.7. The molecule has 2 heterocycles. The highest BCUT2D eigenvalue weighted by Gasteiger charge is 2.59. The number of rotatable bonds is 8. The molecule has 2 atom stereocenters. The summed E-state index contributed by atoms with van der Waals surface area (Å²) in [7, 11) is 0. The van der Waals surface area contributed by atoms with E-state index in [1.165, 1.54) is 0 Å². The largest absolute Gasteiger partial charge is 0.490 e. The summed E-state index contributed by atoms with van der Waals surface area (Å²) in [6, 6.07) is 2.84. The number of carboxylic acid groups (broad SMARTS) is 1. The normalized spacial score (nSPS) is 28.2. The summed E-state index contributed by atoms with van der Waals surface area (Å²) in [6.45, 7) is 9.50. The molecule has 0 spiro atoms. The number of aromatic nitrogens is 1. The Morgan fingerprint density at radius 3 is 2.56 bits per heavy atom. The number of cyclic esters (lactones) is 1. The Morgan fingerprint density at radius 2 is 2.00 bits per heavy atom. The van der Waals surface area contributed by atoms with Crippen molar-refractivity contribution < 1.29 is 28.9 Å². The number of carbonyl (C=O) groups excluding carboxylic acids is 1. The molecule has 8 heteroatoms. The van der Waals surface area contributed by atoms with Crippen LogP contribution in [0.5, 0.6) is 5.75 Å². The minimum Gasteiger partial charge on any atom is -0.490 e. The van der Waals surface area contributed by atoms with Gasteiger partial charge < -0.3 is 24.6 Å². The molecular weight excluding hydrogens is 412 g/mol. The monoisotopic (exact) mass is 448 g/mol. The van der Waals surface area contributed by atoms with Crippen LogP contribution >= 0.6 is 0 Å². The van der Waals surface area contributed by atoms with Gasteiger partial charge in [-0.15, -0.1) is 0 Å². The fraction of sp³-hybridized carbons (Fsp3) is 0.708. The zero-order valence-corrected chi connectivity index (χ0v) is 19.7. The maximum absolute atomic E-state index is 13.1. The second kappa shape index (κ2) is 9.65. The minimum absolute atomic E-state index is 0.0752. The summed E-state index contributed by atoms with van der Waals surface area (Å²) in [4.78, 5) is 29.1. The van der Waals surface area contributed by atoms with Gasteiger partial charge in [0.2, 0.25) is 5.79 Å². The van der Waals surface area contributed by atoms with Gasteiger partial charge in [0.15, 0.2) is 5.60 Å². The van der Waals surface area contributed by atoms with Crippen LogP contribution in [0.3, 0.4) is 0 Å². The fourth-order valence-electron chi connectivity index (χ4n) is 4.68. The third kappa shape index (κ3) is 5.91. The Kier molecular flexibility index (Phi) is 7.32. The quantitative estimate of drug-likeness (QED) is 0.571. The van der Waals surface area contributed by atoms with Crippen LogP contribution < -0.4 is 10.1 Å². The molecule has 1 saturated heterocycles. The lowest BCUT2D eigenvalue weighted by atomic mass is 9.84. The van der Waals surface area contributed by atoms with Crippen LogP contribution in [-0.2, 0) is 20.7 Å². The summed E-state index contributed by atoms with van der Waals surface area (Å²) in [6.07, 6.45) is 5.43. The van der Waals surface area contributed by atoms with Gasteiger partial charge in [-0.05, 0) is 50.0 Å². The molecule has 2 N–H and O–H groups in total. The van der Waals surface area contributed by atoms with Crippen LogP contribution in [0.25, 0.3) is 0 Å². The molecule has 1 aliphatic carbocycles. The van der Waals surface area contributed by atoms with Crippen molar-refractivity contribution in [3.05, 3.63) is 24.0 Å². The van der Waals surface area contributed by atoms with E-state index in [0.717, 1.165) is 31.6 Å². The topological polar surface area (TPSA) is 107 Å². The van der Waals surface area contributed by atoms with Crippen molar-refractivity contribution >= 4 is 12.1 Å². The van der Waals surface area contributed by atoms with E-state index < -0.39 is 29.5 Å². The molecule has 1 saturated carbocycles. The van der Waals surface area contributed by atoms with Crippen LogP contribution in [0, 0.1) is 11.8 Å². The van der Waals surface area contributed by atoms with Gasteiger partial charge in [0.05, 0.1) is 12.1 Å². The first-order chi connectivity index (χ1) is 15.0. The fourth-order valence-corrected chi connectivity index (χ4v) is 4.68. The van der Waals surface area contributed by atoms with Crippen molar-refractivity contribution in [2.24, 2.45) is 11.8 Å². The highest BCUT2D eigenvalue weighted by Crippen LogP contribution is 2.39. The average molecular weight is 449 g/mol. The molecule has 1 amide bonds. The molecule has 178 valence electrons. The van der Waals surface area contributed by atoms with E-state index in [0.29, 0.717) is 17.9 Å². The maximum atomic E-state index is 13.1. The van der Waals surface area contributed by atoms with Gasteiger partial charge in [-0.3, -0.25) is 4.98 Å². The molecular formula is C24H36N2O6. The van der Waals surface area contributed by atoms with Gasteiger partial charge >= 0.3 is 12.1 Å². The van der Waals surface area contributed by atoms with Crippen LogP contribution in [0.1, 0.15) is 72.4 Å². The number of hydrogen-bond acceptors (Lipinski definition) is 6. The van der Waals surface area contributed by atoms with Gasteiger partial charge in [-0.1, -0.05) is 20.8 Å². The van der Waals surface area contributed by atoms with Gasteiger partial charge in [-0.2, -0.15) is 0 Å². The molecule has 32 heavy (non-hydrogen) atoms. The molecule has 1 unspecified atom stereocenters. The second-order valence-corrected chi connectivity index (χ2v) is 10.1. The maximum Gasteiger partial charge on any atom is 0.404 e. The molecule has 1 aromatic rings. The van der Waals surface area contributed by atoms with Crippen LogP contribution in [0.15, 0.2) is 18.3 Å². The Bertz CT molecular complexity index is 818. The summed E-state index contributed by atoms with van der Waals surface area (Å²) in [5.41, 5.74) is -0.930. The van der Waals surface area contributed by atoms with E-state index in [4.69, 9.17) is 14.2 Å². The Balaban J connectivity index is 1.87. The predicted octanol–water partition coefficient (Wildman–Crippen LogP) is 4.31. The molecule has 1 aromatic heterocycles. The number of carbonyl (C=O) groups is 2. The van der Waals surface area contributed by atoms with Crippen molar-refractivity contribution in [1.29, 1.82) is 0 Å². The summed E-state index contributed by atoms with van der Waals surface area (Å²) < 4.78 is 17.8. The van der Waals surface area contributed by atoms with E-state index in [1.54, 1.807) is 20.0 Å². The molecule has 0 bridgehead atoms. The van der Waals surface area contributed by atoms with Crippen molar-refractivity contribution in [2.75, 3.05) is 0 Å². The van der Waals surface area contributed by atoms with E-state index in [9.17, 15) is 14.7 Å². The Morgan fingerprint density at radius 1 is 1.31 bits per heavy atom. The lowest BCUT2D eigenvalue weighted by Gasteiger charge is -2.35. The third-order valence-corrected chi connectivity index (χ3v) is 6.18. The smallest absolute Gasteiger partial charge is 0.404 e. The number of pyridine rings is 1.